The number of benzene rings is 4. The van der Waals surface area contributed by atoms with Gasteiger partial charge in [0.15, 0.2) is 0 Å². The maximum Gasteiger partial charge on any atom is 0.137 e. The summed E-state index contributed by atoms with van der Waals surface area (Å²) < 4.78 is 11.0. The molecule has 202 valence electrons. The molecule has 4 aromatic carbocycles. The Morgan fingerprint density at radius 3 is 2.24 bits per heavy atom. The summed E-state index contributed by atoms with van der Waals surface area (Å²) in [6.45, 7) is 11.0. The monoisotopic (exact) mass is 536 g/mol. The molecule has 5 heteroatoms. The van der Waals surface area contributed by atoms with Gasteiger partial charge in [-0.05, 0) is 90.6 Å². The fraction of sp³-hybridized carbons (Fsp3) is 0.167. The van der Waals surface area contributed by atoms with Crippen molar-refractivity contribution in [1.29, 1.82) is 0 Å². The molecule has 7 rings (SSSR count). The Bertz CT molecular complexity index is 2080. The lowest BCUT2D eigenvalue weighted by molar-refractivity contribution is 0.479. The standard InChI is InChI=1S/C36H32N4O/c1-23-16-31-34(17-24(23)2)39(22-38-31)26-18-25(36(3,4)5)19-28(20-26)41-27-13-14-30-29-10-6-7-11-32(29)40(33(30)21-27)35-12-8-9-15-37-35/h6-22H,1-5H3. The maximum absolute atomic E-state index is 6.64. The zero-order valence-corrected chi connectivity index (χ0v) is 24.0. The SMILES string of the molecule is Cc1cc2ncn(-c3cc(Oc4ccc5c6ccccc6n(-c6ccccn6)c5c4)cc(C(C)(C)C)c3)c2cc1C. The van der Waals surface area contributed by atoms with Gasteiger partial charge in [0.25, 0.3) is 0 Å². The molecule has 5 nitrogen and oxygen atoms in total. The zero-order chi connectivity index (χ0) is 28.3. The third kappa shape index (κ3) is 4.34. The quantitative estimate of drug-likeness (QED) is 0.225. The van der Waals surface area contributed by atoms with Gasteiger partial charge in [0.1, 0.15) is 23.6 Å². The van der Waals surface area contributed by atoms with E-state index in [0.29, 0.717) is 0 Å². The van der Waals surface area contributed by atoms with E-state index in [4.69, 9.17) is 9.72 Å². The lowest BCUT2D eigenvalue weighted by atomic mass is 9.86. The number of nitrogens with zero attached hydrogens (tertiary/aromatic N) is 4. The van der Waals surface area contributed by atoms with E-state index in [-0.39, 0.29) is 5.41 Å². The highest BCUT2D eigenvalue weighted by Gasteiger charge is 2.19. The Morgan fingerprint density at radius 2 is 1.44 bits per heavy atom. The molecule has 0 aliphatic carbocycles. The molecule has 0 unspecified atom stereocenters. The molecular weight excluding hydrogens is 504 g/mol. The van der Waals surface area contributed by atoms with Gasteiger partial charge in [0.2, 0.25) is 0 Å². The topological polar surface area (TPSA) is 44.9 Å². The van der Waals surface area contributed by atoms with Crippen LogP contribution in [0.1, 0.15) is 37.5 Å². The van der Waals surface area contributed by atoms with E-state index >= 15 is 0 Å². The first kappa shape index (κ1) is 25.1. The van der Waals surface area contributed by atoms with Crippen LogP contribution in [0.2, 0.25) is 0 Å². The molecule has 0 N–H and O–H groups in total. The molecular formula is C36H32N4O. The summed E-state index contributed by atoms with van der Waals surface area (Å²) in [6.07, 6.45) is 3.74. The number of imidazole rings is 1. The number of hydrogen-bond donors (Lipinski definition) is 0. The molecule has 0 aliphatic rings. The van der Waals surface area contributed by atoms with Gasteiger partial charge in [-0.2, -0.15) is 0 Å². The number of rotatable bonds is 4. The molecule has 7 aromatic rings. The Hall–Kier alpha value is -4.90. The number of aromatic nitrogens is 4. The van der Waals surface area contributed by atoms with E-state index in [2.05, 4.69) is 122 Å². The Labute approximate surface area is 239 Å². The van der Waals surface area contributed by atoms with Crippen LogP contribution >= 0.6 is 0 Å². The minimum absolute atomic E-state index is 0.0631. The number of hydrogen-bond acceptors (Lipinski definition) is 3. The second-order valence-electron chi connectivity index (χ2n) is 11.8. The van der Waals surface area contributed by atoms with E-state index < -0.39 is 0 Å². The van der Waals surface area contributed by atoms with E-state index in [1.165, 1.54) is 27.5 Å². The average molecular weight is 537 g/mol. The average Bonchev–Trinajstić information content (AvgIpc) is 3.51. The molecule has 0 amide bonds. The molecule has 0 fully saturated rings. The number of para-hydroxylation sites is 1. The lowest BCUT2D eigenvalue weighted by Crippen LogP contribution is -2.12. The van der Waals surface area contributed by atoms with Crippen LogP contribution in [0.25, 0.3) is 44.3 Å². The Morgan fingerprint density at radius 1 is 0.659 bits per heavy atom. The summed E-state index contributed by atoms with van der Waals surface area (Å²) in [5.41, 5.74) is 8.91. The lowest BCUT2D eigenvalue weighted by Gasteiger charge is -2.22. The summed E-state index contributed by atoms with van der Waals surface area (Å²) in [7, 11) is 0. The van der Waals surface area contributed by atoms with Gasteiger partial charge in [-0.1, -0.05) is 45.0 Å². The molecule has 41 heavy (non-hydrogen) atoms. The molecule has 0 saturated heterocycles. The van der Waals surface area contributed by atoms with Crippen LogP contribution in [0.3, 0.4) is 0 Å². The number of fused-ring (bicyclic) bond motifs is 4. The van der Waals surface area contributed by atoms with Gasteiger partial charge in [0, 0.05) is 29.1 Å². The highest BCUT2D eigenvalue weighted by molar-refractivity contribution is 6.09. The second-order valence-corrected chi connectivity index (χ2v) is 11.8. The predicted molar refractivity (Wildman–Crippen MR) is 168 cm³/mol. The van der Waals surface area contributed by atoms with Gasteiger partial charge < -0.3 is 4.74 Å². The van der Waals surface area contributed by atoms with Crippen molar-refractivity contribution in [3.05, 3.63) is 120 Å². The molecule has 0 aliphatic heterocycles. The van der Waals surface area contributed by atoms with E-state index in [1.54, 1.807) is 0 Å². The fourth-order valence-corrected chi connectivity index (χ4v) is 5.57. The Balaban J connectivity index is 1.37. The molecule has 0 spiro atoms. The largest absolute Gasteiger partial charge is 0.457 e. The van der Waals surface area contributed by atoms with Gasteiger partial charge in [-0.25, -0.2) is 9.97 Å². The van der Waals surface area contributed by atoms with Crippen LogP contribution in [0.5, 0.6) is 11.5 Å². The number of aryl methyl sites for hydroxylation is 2. The van der Waals surface area contributed by atoms with Crippen molar-refractivity contribution in [2.24, 2.45) is 0 Å². The van der Waals surface area contributed by atoms with Gasteiger partial charge in [-0.15, -0.1) is 0 Å². The van der Waals surface area contributed by atoms with Crippen LogP contribution in [0, 0.1) is 13.8 Å². The van der Waals surface area contributed by atoms with Gasteiger partial charge >= 0.3 is 0 Å². The summed E-state index contributed by atoms with van der Waals surface area (Å²) in [5.74, 6) is 2.44. The van der Waals surface area contributed by atoms with E-state index in [1.807, 2.05) is 30.7 Å². The molecule has 0 atom stereocenters. The molecule has 0 saturated carbocycles. The van der Waals surface area contributed by atoms with E-state index in [0.717, 1.165) is 45.1 Å². The molecule has 0 radical (unpaired) electrons. The molecule has 0 bridgehead atoms. The number of pyridine rings is 1. The highest BCUT2D eigenvalue weighted by Crippen LogP contribution is 2.37. The zero-order valence-electron chi connectivity index (χ0n) is 24.0. The highest BCUT2D eigenvalue weighted by atomic mass is 16.5. The van der Waals surface area contributed by atoms with Crippen LogP contribution in [-0.4, -0.2) is 19.1 Å². The summed E-state index contributed by atoms with van der Waals surface area (Å²) >= 11 is 0. The first-order valence-electron chi connectivity index (χ1n) is 14.0. The summed E-state index contributed by atoms with van der Waals surface area (Å²) in [6, 6.07) is 31.6. The van der Waals surface area contributed by atoms with Crippen molar-refractivity contribution in [2.45, 2.75) is 40.0 Å². The third-order valence-electron chi connectivity index (χ3n) is 7.96. The summed E-state index contributed by atoms with van der Waals surface area (Å²) in [4.78, 5) is 9.37. The van der Waals surface area contributed by atoms with Crippen molar-refractivity contribution < 1.29 is 4.74 Å². The third-order valence-corrected chi connectivity index (χ3v) is 7.96. The van der Waals surface area contributed by atoms with Crippen LogP contribution in [0.15, 0.2) is 104 Å². The minimum Gasteiger partial charge on any atom is -0.457 e. The smallest absolute Gasteiger partial charge is 0.137 e. The van der Waals surface area contributed by atoms with Crippen molar-refractivity contribution in [3.8, 4) is 23.0 Å². The first-order chi connectivity index (χ1) is 19.8. The molecule has 3 heterocycles. The fourth-order valence-electron chi connectivity index (χ4n) is 5.57. The van der Waals surface area contributed by atoms with Crippen LogP contribution < -0.4 is 4.74 Å². The predicted octanol–water partition coefficient (Wildman–Crippen LogP) is 9.22. The van der Waals surface area contributed by atoms with Gasteiger partial charge in [-0.3, -0.25) is 9.13 Å². The maximum atomic E-state index is 6.64. The van der Waals surface area contributed by atoms with Crippen LogP contribution in [0.4, 0.5) is 0 Å². The summed E-state index contributed by atoms with van der Waals surface area (Å²) in [5, 5.41) is 2.35. The first-order valence-corrected chi connectivity index (χ1v) is 14.0. The van der Waals surface area contributed by atoms with Gasteiger partial charge in [0.05, 0.1) is 27.8 Å². The molecule has 3 aromatic heterocycles. The van der Waals surface area contributed by atoms with Crippen molar-refractivity contribution in [2.75, 3.05) is 0 Å². The normalized spacial score (nSPS) is 12.0. The van der Waals surface area contributed by atoms with E-state index in [9.17, 15) is 0 Å². The Kier molecular flexibility index (Phi) is 5.72. The van der Waals surface area contributed by atoms with Crippen molar-refractivity contribution >= 4 is 32.8 Å². The minimum atomic E-state index is -0.0631. The number of ether oxygens (including phenoxy) is 1. The van der Waals surface area contributed by atoms with Crippen molar-refractivity contribution in [3.63, 3.8) is 0 Å². The van der Waals surface area contributed by atoms with Crippen LogP contribution in [-0.2, 0) is 5.41 Å². The second kappa shape index (κ2) is 9.34. The van der Waals surface area contributed by atoms with Crippen molar-refractivity contribution in [1.82, 2.24) is 19.1 Å².